The molecule has 4 aliphatic rings. The van der Waals surface area contributed by atoms with Crippen LogP contribution in [0.15, 0.2) is 24.3 Å². The van der Waals surface area contributed by atoms with E-state index in [-0.39, 0.29) is 54.3 Å². The highest BCUT2D eigenvalue weighted by atomic mass is 16.5. The van der Waals surface area contributed by atoms with Gasteiger partial charge in [0, 0.05) is 58.2 Å². The van der Waals surface area contributed by atoms with E-state index in [1.165, 1.54) is 0 Å². The van der Waals surface area contributed by atoms with Gasteiger partial charge in [-0.2, -0.15) is 0 Å². The molecule has 4 aliphatic heterocycles. The summed E-state index contributed by atoms with van der Waals surface area (Å²) >= 11 is 0. The van der Waals surface area contributed by atoms with Gasteiger partial charge in [-0.05, 0) is 49.3 Å². The number of nitrogens with zero attached hydrogens (tertiary/aromatic N) is 3. The number of fused-ring (bicyclic) bond motifs is 3. The highest BCUT2D eigenvalue weighted by Crippen LogP contribution is 2.33. The maximum absolute atomic E-state index is 13.9. The molecule has 2 bridgehead atoms. The van der Waals surface area contributed by atoms with Crippen molar-refractivity contribution in [2.45, 2.75) is 69.8 Å². The average molecular weight is 600 g/mol. The fourth-order valence-corrected chi connectivity index (χ4v) is 6.77. The molecule has 0 unspecified atom stereocenters. The molecular formula is C31H45N5O7. The maximum Gasteiger partial charge on any atom is 0.243 e. The van der Waals surface area contributed by atoms with Crippen LogP contribution in [0, 0.1) is 11.8 Å². The number of ether oxygens (including phenoxy) is 2. The minimum Gasteiger partial charge on any atom is -0.497 e. The van der Waals surface area contributed by atoms with Gasteiger partial charge in [0.25, 0.3) is 0 Å². The Morgan fingerprint density at radius 1 is 1.12 bits per heavy atom. The van der Waals surface area contributed by atoms with Crippen molar-refractivity contribution in [1.82, 2.24) is 25.3 Å². The highest BCUT2D eigenvalue weighted by molar-refractivity contribution is 5.89. The van der Waals surface area contributed by atoms with E-state index in [9.17, 15) is 24.3 Å². The van der Waals surface area contributed by atoms with E-state index >= 15 is 0 Å². The van der Waals surface area contributed by atoms with Crippen LogP contribution in [0.1, 0.15) is 44.6 Å². The molecular weight excluding hydrogens is 554 g/mol. The molecule has 5 rings (SSSR count). The number of rotatable bonds is 6. The second-order valence-corrected chi connectivity index (χ2v) is 12.3. The van der Waals surface area contributed by atoms with Crippen LogP contribution >= 0.6 is 0 Å². The van der Waals surface area contributed by atoms with Crippen molar-refractivity contribution in [2.75, 3.05) is 53.0 Å². The smallest absolute Gasteiger partial charge is 0.243 e. The Kier molecular flexibility index (Phi) is 10.2. The minimum absolute atomic E-state index is 0.0490. The predicted octanol–water partition coefficient (Wildman–Crippen LogP) is 0.127. The van der Waals surface area contributed by atoms with E-state index in [1.807, 2.05) is 29.2 Å². The number of hydrogen-bond acceptors (Lipinski definition) is 8. The molecule has 4 amide bonds. The van der Waals surface area contributed by atoms with Crippen molar-refractivity contribution in [3.05, 3.63) is 29.8 Å². The SMILES string of the molecule is COc1cccc(CN[C@H]2C[C@H]3C(=O)N[C@@H](C)[C@@H](O)CC(=O)N4CC[C@@H](CC(=O)N5CCOCC5)[C@@H](CC(=O)N3C2)C4)c1. The summed E-state index contributed by atoms with van der Waals surface area (Å²) in [6.07, 6.45) is 0.335. The number of nitrogens with one attached hydrogen (secondary N) is 2. The van der Waals surface area contributed by atoms with Crippen LogP contribution in [0.25, 0.3) is 0 Å². The van der Waals surface area contributed by atoms with Crippen LogP contribution in [-0.2, 0) is 30.5 Å². The summed E-state index contributed by atoms with van der Waals surface area (Å²) in [5.74, 6) is -0.165. The van der Waals surface area contributed by atoms with Crippen LogP contribution in [-0.4, -0.2) is 121 Å². The summed E-state index contributed by atoms with van der Waals surface area (Å²) in [5, 5.41) is 17.2. The molecule has 12 nitrogen and oxygen atoms in total. The lowest BCUT2D eigenvalue weighted by Gasteiger charge is -2.40. The summed E-state index contributed by atoms with van der Waals surface area (Å²) in [4.78, 5) is 58.9. The van der Waals surface area contributed by atoms with Gasteiger partial charge in [-0.25, -0.2) is 0 Å². The highest BCUT2D eigenvalue weighted by Gasteiger charge is 2.43. The zero-order chi connectivity index (χ0) is 30.5. The van der Waals surface area contributed by atoms with Crippen molar-refractivity contribution in [3.63, 3.8) is 0 Å². The van der Waals surface area contributed by atoms with Crippen molar-refractivity contribution in [3.8, 4) is 5.75 Å². The van der Waals surface area contributed by atoms with E-state index in [0.717, 1.165) is 11.3 Å². The number of hydrogen-bond donors (Lipinski definition) is 3. The molecule has 0 aliphatic carbocycles. The summed E-state index contributed by atoms with van der Waals surface area (Å²) in [7, 11) is 1.62. The zero-order valence-corrected chi connectivity index (χ0v) is 25.2. The van der Waals surface area contributed by atoms with Crippen LogP contribution in [0.4, 0.5) is 0 Å². The zero-order valence-electron chi connectivity index (χ0n) is 25.2. The van der Waals surface area contributed by atoms with Crippen molar-refractivity contribution < 1.29 is 33.8 Å². The Hall–Kier alpha value is -3.22. The largest absolute Gasteiger partial charge is 0.497 e. The first-order valence-electron chi connectivity index (χ1n) is 15.5. The fraction of sp³-hybridized carbons (Fsp3) is 0.677. The second kappa shape index (κ2) is 14.0. The number of aliphatic hydroxyl groups excluding tert-OH is 1. The van der Waals surface area contributed by atoms with Crippen LogP contribution in [0.2, 0.25) is 0 Å². The third-order valence-corrected chi connectivity index (χ3v) is 9.47. The maximum atomic E-state index is 13.9. The number of amides is 4. The molecule has 4 fully saturated rings. The molecule has 12 heteroatoms. The van der Waals surface area contributed by atoms with Crippen LogP contribution in [0.5, 0.6) is 5.75 Å². The van der Waals surface area contributed by atoms with E-state index in [4.69, 9.17) is 9.47 Å². The van der Waals surface area contributed by atoms with Gasteiger partial charge in [-0.15, -0.1) is 0 Å². The van der Waals surface area contributed by atoms with Gasteiger partial charge in [0.1, 0.15) is 11.8 Å². The van der Waals surface area contributed by atoms with E-state index in [2.05, 4.69) is 10.6 Å². The van der Waals surface area contributed by atoms with Gasteiger partial charge in [-0.1, -0.05) is 12.1 Å². The van der Waals surface area contributed by atoms with Crippen molar-refractivity contribution >= 4 is 23.6 Å². The summed E-state index contributed by atoms with van der Waals surface area (Å²) in [6, 6.07) is 6.28. The Morgan fingerprint density at radius 3 is 2.67 bits per heavy atom. The standard InChI is InChI=1S/C31H45N5O7/c1-20-27(37)16-29(39)35-7-6-22(13-28(38)34-8-10-43-11-9-34)23(18-35)14-30(40)36-19-24(15-26(36)31(41)33-20)32-17-21-4-3-5-25(12-21)42-2/h3-5,12,20,22-24,26-27,32,37H,6-11,13-19H2,1-2H3,(H,33,41)/t20-,22-,23-,24-,26-,27-/m0/s1. The fourth-order valence-electron chi connectivity index (χ4n) is 6.77. The average Bonchev–Trinajstić information content (AvgIpc) is 3.45. The molecule has 1 aromatic carbocycles. The van der Waals surface area contributed by atoms with Gasteiger partial charge >= 0.3 is 0 Å². The molecule has 43 heavy (non-hydrogen) atoms. The first-order valence-corrected chi connectivity index (χ1v) is 15.5. The van der Waals surface area contributed by atoms with E-state index < -0.39 is 18.2 Å². The lowest BCUT2D eigenvalue weighted by molar-refractivity contribution is -0.143. The predicted molar refractivity (Wildman–Crippen MR) is 157 cm³/mol. The third-order valence-electron chi connectivity index (χ3n) is 9.47. The molecule has 3 N–H and O–H groups in total. The number of methoxy groups -OCH3 is 1. The number of carbonyl (C=O) groups excluding carboxylic acids is 4. The van der Waals surface area contributed by atoms with E-state index in [0.29, 0.717) is 71.7 Å². The van der Waals surface area contributed by atoms with E-state index in [1.54, 1.807) is 23.8 Å². The molecule has 4 heterocycles. The Labute approximate surface area is 253 Å². The van der Waals surface area contributed by atoms with Crippen LogP contribution < -0.4 is 15.4 Å². The lowest BCUT2D eigenvalue weighted by atomic mass is 9.80. The molecule has 1 aromatic rings. The molecule has 236 valence electrons. The first kappa shape index (κ1) is 31.2. The summed E-state index contributed by atoms with van der Waals surface area (Å²) in [5.41, 5.74) is 1.03. The third kappa shape index (κ3) is 7.66. The molecule has 0 spiro atoms. The molecule has 0 aromatic heterocycles. The minimum atomic E-state index is -1.05. The number of morpholine rings is 1. The molecule has 4 saturated heterocycles. The van der Waals surface area contributed by atoms with Crippen molar-refractivity contribution in [1.29, 1.82) is 0 Å². The molecule has 0 radical (unpaired) electrons. The van der Waals surface area contributed by atoms with Crippen LogP contribution in [0.3, 0.4) is 0 Å². The Morgan fingerprint density at radius 2 is 1.91 bits per heavy atom. The van der Waals surface area contributed by atoms with Gasteiger partial charge < -0.3 is 39.9 Å². The first-order chi connectivity index (χ1) is 20.7. The molecule has 0 saturated carbocycles. The number of carbonyl (C=O) groups is 4. The van der Waals surface area contributed by atoms with Gasteiger partial charge in [0.15, 0.2) is 0 Å². The van der Waals surface area contributed by atoms with Crippen molar-refractivity contribution in [2.24, 2.45) is 11.8 Å². The second-order valence-electron chi connectivity index (χ2n) is 12.3. The topological polar surface area (TPSA) is 141 Å². The summed E-state index contributed by atoms with van der Waals surface area (Å²) < 4.78 is 10.7. The van der Waals surface area contributed by atoms with Gasteiger partial charge in [0.05, 0.1) is 38.9 Å². The lowest BCUT2D eigenvalue weighted by Crippen LogP contribution is -2.51. The Balaban J connectivity index is 1.33. The number of benzene rings is 1. The molecule has 6 atom stereocenters. The van der Waals surface area contributed by atoms with Gasteiger partial charge in [-0.3, -0.25) is 19.2 Å². The Bertz CT molecular complexity index is 1170. The monoisotopic (exact) mass is 599 g/mol. The quantitative estimate of drug-likeness (QED) is 0.419. The summed E-state index contributed by atoms with van der Waals surface area (Å²) in [6.45, 7) is 5.59. The number of aliphatic hydroxyl groups is 1. The normalized spacial score (nSPS) is 30.6. The van der Waals surface area contributed by atoms with Gasteiger partial charge in [0.2, 0.25) is 23.6 Å². The number of piperidine rings is 1.